The monoisotopic (exact) mass is 239 g/mol. The first kappa shape index (κ1) is 12.6. The molecule has 5 nitrogen and oxygen atoms in total. The zero-order valence-electron chi connectivity index (χ0n) is 8.51. The first-order valence-corrected chi connectivity index (χ1v) is 4.60. The Labute approximate surface area is 89.5 Å². The highest BCUT2D eigenvalue weighted by Crippen LogP contribution is 2.48. The number of amidine groups is 1. The highest BCUT2D eigenvalue weighted by atomic mass is 19.4. The van der Waals surface area contributed by atoms with Crippen LogP contribution in [0.15, 0.2) is 5.16 Å². The van der Waals surface area contributed by atoms with Gasteiger partial charge >= 0.3 is 6.18 Å². The Morgan fingerprint density at radius 3 is 2.38 bits per heavy atom. The topological polar surface area (TPSA) is 87.7 Å². The van der Waals surface area contributed by atoms with E-state index in [0.717, 1.165) is 0 Å². The maximum absolute atomic E-state index is 12.5. The molecular formula is C8H12F3N3O2. The van der Waals surface area contributed by atoms with Gasteiger partial charge in [0.2, 0.25) is 5.91 Å². The SMILES string of the molecule is CC(C(=O)NC1(C(F)(F)F)CC1)C(N)=NO. The summed E-state index contributed by atoms with van der Waals surface area (Å²) in [4.78, 5) is 11.4. The molecule has 1 saturated carbocycles. The fourth-order valence-corrected chi connectivity index (χ4v) is 1.17. The lowest BCUT2D eigenvalue weighted by Crippen LogP contribution is -2.51. The van der Waals surface area contributed by atoms with Crippen LogP contribution in [0.4, 0.5) is 13.2 Å². The van der Waals surface area contributed by atoms with E-state index in [0.29, 0.717) is 0 Å². The molecule has 1 atom stereocenters. The summed E-state index contributed by atoms with van der Waals surface area (Å²) >= 11 is 0. The predicted molar refractivity (Wildman–Crippen MR) is 48.7 cm³/mol. The van der Waals surface area contributed by atoms with E-state index >= 15 is 0 Å². The van der Waals surface area contributed by atoms with Gasteiger partial charge in [-0.3, -0.25) is 4.79 Å². The Morgan fingerprint density at radius 1 is 1.56 bits per heavy atom. The molecule has 0 bridgehead atoms. The Morgan fingerprint density at radius 2 is 2.06 bits per heavy atom. The average Bonchev–Trinajstić information content (AvgIpc) is 2.95. The molecule has 4 N–H and O–H groups in total. The molecule has 0 radical (unpaired) electrons. The van der Waals surface area contributed by atoms with Crippen LogP contribution >= 0.6 is 0 Å². The van der Waals surface area contributed by atoms with Crippen LogP contribution in [0, 0.1) is 5.92 Å². The number of alkyl halides is 3. The molecule has 0 aromatic carbocycles. The second-order valence-electron chi connectivity index (χ2n) is 3.82. The molecule has 0 saturated heterocycles. The largest absolute Gasteiger partial charge is 0.411 e. The maximum Gasteiger partial charge on any atom is 0.411 e. The van der Waals surface area contributed by atoms with Gasteiger partial charge in [0.05, 0.1) is 5.92 Å². The minimum Gasteiger partial charge on any atom is -0.409 e. The minimum atomic E-state index is -4.46. The Kier molecular flexibility index (Phi) is 3.02. The standard InChI is InChI=1S/C8H12F3N3O2/c1-4(5(12)14-16)6(15)13-7(2-3-7)8(9,10)11/h4,16H,2-3H2,1H3,(H2,12,14)(H,13,15). The summed E-state index contributed by atoms with van der Waals surface area (Å²) in [5.41, 5.74) is 3.01. The molecule has 8 heteroatoms. The van der Waals surface area contributed by atoms with Crippen LogP contribution in [0.2, 0.25) is 0 Å². The summed E-state index contributed by atoms with van der Waals surface area (Å²) in [5, 5.41) is 12.7. The van der Waals surface area contributed by atoms with Crippen molar-refractivity contribution in [3.8, 4) is 0 Å². The average molecular weight is 239 g/mol. The van der Waals surface area contributed by atoms with Crippen LogP contribution in [0.1, 0.15) is 19.8 Å². The van der Waals surface area contributed by atoms with E-state index in [1.54, 1.807) is 0 Å². The van der Waals surface area contributed by atoms with Crippen molar-refractivity contribution in [1.82, 2.24) is 5.32 Å². The van der Waals surface area contributed by atoms with E-state index in [9.17, 15) is 18.0 Å². The molecule has 1 unspecified atom stereocenters. The van der Waals surface area contributed by atoms with E-state index in [2.05, 4.69) is 5.16 Å². The normalized spacial score (nSPS) is 21.4. The number of halogens is 3. The molecule has 0 aromatic heterocycles. The number of carbonyl (C=O) groups excluding carboxylic acids is 1. The molecule has 1 fully saturated rings. The van der Waals surface area contributed by atoms with Crippen LogP contribution in [-0.2, 0) is 4.79 Å². The third-order valence-corrected chi connectivity index (χ3v) is 2.61. The molecule has 1 aliphatic carbocycles. The molecule has 0 aliphatic heterocycles. The molecule has 0 aromatic rings. The van der Waals surface area contributed by atoms with Crippen molar-refractivity contribution in [3.05, 3.63) is 0 Å². The van der Waals surface area contributed by atoms with Gasteiger partial charge in [-0.25, -0.2) is 0 Å². The molecule has 1 amide bonds. The fraction of sp³-hybridized carbons (Fsp3) is 0.750. The summed E-state index contributed by atoms with van der Waals surface area (Å²) in [6.07, 6.45) is -4.73. The molecule has 1 rings (SSSR count). The van der Waals surface area contributed by atoms with Crippen LogP contribution in [0.25, 0.3) is 0 Å². The van der Waals surface area contributed by atoms with Gasteiger partial charge in [-0.2, -0.15) is 13.2 Å². The molecule has 0 spiro atoms. The number of amides is 1. The summed E-state index contributed by atoms with van der Waals surface area (Å²) in [6.45, 7) is 1.26. The van der Waals surface area contributed by atoms with Gasteiger partial charge < -0.3 is 16.3 Å². The second-order valence-corrected chi connectivity index (χ2v) is 3.82. The van der Waals surface area contributed by atoms with E-state index in [4.69, 9.17) is 10.9 Å². The van der Waals surface area contributed by atoms with Gasteiger partial charge in [-0.05, 0) is 19.8 Å². The zero-order chi connectivity index (χ0) is 12.6. The van der Waals surface area contributed by atoms with Crippen LogP contribution in [0.3, 0.4) is 0 Å². The fourth-order valence-electron chi connectivity index (χ4n) is 1.17. The van der Waals surface area contributed by atoms with Crippen molar-refractivity contribution in [2.24, 2.45) is 16.8 Å². The predicted octanol–water partition coefficient (Wildman–Crippen LogP) is 0.580. The number of nitrogens with two attached hydrogens (primary N) is 1. The number of hydrogen-bond donors (Lipinski definition) is 3. The van der Waals surface area contributed by atoms with E-state index in [1.165, 1.54) is 6.92 Å². The third-order valence-electron chi connectivity index (χ3n) is 2.61. The van der Waals surface area contributed by atoms with Crippen LogP contribution < -0.4 is 11.1 Å². The highest BCUT2D eigenvalue weighted by molar-refractivity contribution is 6.02. The van der Waals surface area contributed by atoms with Crippen molar-refractivity contribution in [1.29, 1.82) is 0 Å². The van der Waals surface area contributed by atoms with Gasteiger partial charge in [-0.1, -0.05) is 5.16 Å². The first-order chi connectivity index (χ1) is 7.23. The molecule has 1 aliphatic rings. The second kappa shape index (κ2) is 3.84. The van der Waals surface area contributed by atoms with E-state index in [-0.39, 0.29) is 12.8 Å². The Hall–Kier alpha value is -1.47. The van der Waals surface area contributed by atoms with Crippen molar-refractivity contribution >= 4 is 11.7 Å². The van der Waals surface area contributed by atoms with Crippen molar-refractivity contribution in [2.75, 3.05) is 0 Å². The van der Waals surface area contributed by atoms with Crippen LogP contribution in [0.5, 0.6) is 0 Å². The number of oxime groups is 1. The smallest absolute Gasteiger partial charge is 0.409 e. The van der Waals surface area contributed by atoms with Crippen molar-refractivity contribution < 1.29 is 23.2 Å². The van der Waals surface area contributed by atoms with Crippen molar-refractivity contribution in [3.63, 3.8) is 0 Å². The number of rotatable bonds is 3. The number of hydrogen-bond acceptors (Lipinski definition) is 3. The highest BCUT2D eigenvalue weighted by Gasteiger charge is 2.64. The molecule has 0 heterocycles. The summed E-state index contributed by atoms with van der Waals surface area (Å²) < 4.78 is 37.4. The van der Waals surface area contributed by atoms with E-state index < -0.39 is 29.4 Å². The van der Waals surface area contributed by atoms with Gasteiger partial charge in [-0.15, -0.1) is 0 Å². The summed E-state index contributed by atoms with van der Waals surface area (Å²) in [7, 11) is 0. The molecule has 16 heavy (non-hydrogen) atoms. The number of nitrogens with zero attached hydrogens (tertiary/aromatic N) is 1. The lowest BCUT2D eigenvalue weighted by Gasteiger charge is -2.22. The van der Waals surface area contributed by atoms with Crippen molar-refractivity contribution in [2.45, 2.75) is 31.5 Å². The Balaban J connectivity index is 2.66. The Bertz CT molecular complexity index is 323. The lowest BCUT2D eigenvalue weighted by molar-refractivity contribution is -0.170. The zero-order valence-corrected chi connectivity index (χ0v) is 8.51. The van der Waals surface area contributed by atoms with Gasteiger partial charge in [0, 0.05) is 0 Å². The van der Waals surface area contributed by atoms with Gasteiger partial charge in [0.25, 0.3) is 0 Å². The molecule has 92 valence electrons. The van der Waals surface area contributed by atoms with Gasteiger partial charge in [0.1, 0.15) is 5.54 Å². The van der Waals surface area contributed by atoms with Crippen LogP contribution in [-0.4, -0.2) is 28.7 Å². The quantitative estimate of drug-likeness (QED) is 0.291. The lowest BCUT2D eigenvalue weighted by atomic mass is 10.1. The maximum atomic E-state index is 12.5. The number of nitrogens with one attached hydrogen (secondary N) is 1. The van der Waals surface area contributed by atoms with E-state index in [1.807, 2.05) is 5.32 Å². The summed E-state index contributed by atoms with van der Waals surface area (Å²) in [5.74, 6) is -2.41. The summed E-state index contributed by atoms with van der Waals surface area (Å²) in [6, 6.07) is 0. The number of carbonyl (C=O) groups is 1. The minimum absolute atomic E-state index is 0.134. The first-order valence-electron chi connectivity index (χ1n) is 4.60. The third kappa shape index (κ3) is 2.20. The van der Waals surface area contributed by atoms with Gasteiger partial charge in [0.15, 0.2) is 5.84 Å². The molecular weight excluding hydrogens is 227 g/mol.